The molecule has 2 rings (SSSR count). The van der Waals surface area contributed by atoms with Crippen LogP contribution in [0, 0.1) is 6.92 Å². The number of hydrogen-bond donors (Lipinski definition) is 1. The molecular weight excluding hydrogens is 272 g/mol. The fraction of sp³-hybridized carbons (Fsp3) is 0.312. The smallest absolute Gasteiger partial charge is 0.146 e. The van der Waals surface area contributed by atoms with E-state index in [1.165, 1.54) is 0 Å². The Balaban J connectivity index is 2.07. The molecule has 0 atom stereocenters. The maximum atomic E-state index is 5.94. The standard InChI is InChI=1S/C16H19ClN2O/c1-3-6-18-9-13-8-15(11-19-10-13)20-16-5-4-14(17)7-12(16)2/h4-5,7-8,10-11,18H,3,6,9H2,1-2H3. The summed E-state index contributed by atoms with van der Waals surface area (Å²) in [6, 6.07) is 7.59. The zero-order valence-corrected chi connectivity index (χ0v) is 12.6. The van der Waals surface area contributed by atoms with Gasteiger partial charge in [-0.05, 0) is 55.3 Å². The van der Waals surface area contributed by atoms with E-state index in [1.807, 2.05) is 37.4 Å². The largest absolute Gasteiger partial charge is 0.455 e. The summed E-state index contributed by atoms with van der Waals surface area (Å²) < 4.78 is 5.86. The molecule has 0 aliphatic rings. The average Bonchev–Trinajstić information content (AvgIpc) is 2.43. The fourth-order valence-electron chi connectivity index (χ4n) is 1.88. The fourth-order valence-corrected chi connectivity index (χ4v) is 2.11. The molecule has 0 radical (unpaired) electrons. The van der Waals surface area contributed by atoms with Crippen LogP contribution >= 0.6 is 11.6 Å². The van der Waals surface area contributed by atoms with E-state index in [-0.39, 0.29) is 0 Å². The van der Waals surface area contributed by atoms with Gasteiger partial charge in [0.05, 0.1) is 6.20 Å². The lowest BCUT2D eigenvalue weighted by Gasteiger charge is -2.10. The highest BCUT2D eigenvalue weighted by atomic mass is 35.5. The summed E-state index contributed by atoms with van der Waals surface area (Å²) in [4.78, 5) is 4.22. The molecule has 1 N–H and O–H groups in total. The van der Waals surface area contributed by atoms with E-state index in [2.05, 4.69) is 17.2 Å². The maximum Gasteiger partial charge on any atom is 0.146 e. The number of hydrogen-bond acceptors (Lipinski definition) is 3. The molecule has 0 fully saturated rings. The van der Waals surface area contributed by atoms with Crippen LogP contribution in [0.4, 0.5) is 0 Å². The van der Waals surface area contributed by atoms with Crippen molar-refractivity contribution in [3.63, 3.8) is 0 Å². The van der Waals surface area contributed by atoms with Gasteiger partial charge in [0, 0.05) is 17.8 Å². The van der Waals surface area contributed by atoms with Gasteiger partial charge in [0.2, 0.25) is 0 Å². The highest BCUT2D eigenvalue weighted by molar-refractivity contribution is 6.30. The predicted molar refractivity (Wildman–Crippen MR) is 82.5 cm³/mol. The van der Waals surface area contributed by atoms with Gasteiger partial charge in [-0.2, -0.15) is 0 Å². The Bertz CT molecular complexity index is 572. The van der Waals surface area contributed by atoms with Crippen LogP contribution in [0.15, 0.2) is 36.7 Å². The molecule has 0 aliphatic heterocycles. The first-order valence-corrected chi connectivity index (χ1v) is 7.15. The Morgan fingerprint density at radius 3 is 2.85 bits per heavy atom. The van der Waals surface area contributed by atoms with E-state index in [0.717, 1.165) is 42.1 Å². The highest BCUT2D eigenvalue weighted by Crippen LogP contribution is 2.27. The van der Waals surface area contributed by atoms with Crippen LogP contribution in [-0.4, -0.2) is 11.5 Å². The second-order valence-corrected chi connectivity index (χ2v) is 5.15. The number of pyridine rings is 1. The number of aryl methyl sites for hydroxylation is 1. The molecule has 20 heavy (non-hydrogen) atoms. The molecule has 4 heteroatoms. The normalized spacial score (nSPS) is 10.6. The van der Waals surface area contributed by atoms with Crippen molar-refractivity contribution < 1.29 is 4.74 Å². The van der Waals surface area contributed by atoms with Crippen molar-refractivity contribution in [2.24, 2.45) is 0 Å². The number of nitrogens with one attached hydrogen (secondary N) is 1. The lowest BCUT2D eigenvalue weighted by Crippen LogP contribution is -2.13. The van der Waals surface area contributed by atoms with Crippen molar-refractivity contribution >= 4 is 11.6 Å². The van der Waals surface area contributed by atoms with Crippen molar-refractivity contribution in [3.05, 3.63) is 52.8 Å². The molecule has 0 amide bonds. The number of benzene rings is 1. The van der Waals surface area contributed by atoms with Gasteiger partial charge in [-0.1, -0.05) is 18.5 Å². The molecule has 0 bridgehead atoms. The molecule has 1 aromatic heterocycles. The van der Waals surface area contributed by atoms with Gasteiger partial charge in [-0.15, -0.1) is 0 Å². The Morgan fingerprint density at radius 1 is 1.25 bits per heavy atom. The van der Waals surface area contributed by atoms with Crippen LogP contribution in [0.3, 0.4) is 0 Å². The first kappa shape index (κ1) is 14.8. The van der Waals surface area contributed by atoms with Crippen LogP contribution in [-0.2, 0) is 6.54 Å². The van der Waals surface area contributed by atoms with Crippen LogP contribution in [0.2, 0.25) is 5.02 Å². The van der Waals surface area contributed by atoms with Gasteiger partial charge in [-0.25, -0.2) is 0 Å². The van der Waals surface area contributed by atoms with Gasteiger partial charge in [-0.3, -0.25) is 4.98 Å². The zero-order chi connectivity index (χ0) is 14.4. The summed E-state index contributed by atoms with van der Waals surface area (Å²) >= 11 is 5.94. The van der Waals surface area contributed by atoms with E-state index in [9.17, 15) is 0 Å². The van der Waals surface area contributed by atoms with Gasteiger partial charge in [0.25, 0.3) is 0 Å². The third-order valence-electron chi connectivity index (χ3n) is 2.89. The third kappa shape index (κ3) is 4.22. The molecular formula is C16H19ClN2O. The van der Waals surface area contributed by atoms with Crippen LogP contribution in [0.25, 0.3) is 0 Å². The number of rotatable bonds is 6. The van der Waals surface area contributed by atoms with E-state index in [1.54, 1.807) is 6.20 Å². The quantitative estimate of drug-likeness (QED) is 0.804. The SMILES string of the molecule is CCCNCc1cncc(Oc2ccc(Cl)cc2C)c1. The Labute approximate surface area is 124 Å². The van der Waals surface area contributed by atoms with Gasteiger partial charge in [0.15, 0.2) is 0 Å². The zero-order valence-electron chi connectivity index (χ0n) is 11.8. The summed E-state index contributed by atoms with van der Waals surface area (Å²) in [5, 5.41) is 4.06. The van der Waals surface area contributed by atoms with Crippen molar-refractivity contribution in [3.8, 4) is 11.5 Å². The molecule has 1 heterocycles. The minimum absolute atomic E-state index is 0.713. The van der Waals surface area contributed by atoms with Crippen LogP contribution in [0.5, 0.6) is 11.5 Å². The topological polar surface area (TPSA) is 34.2 Å². The predicted octanol–water partition coefficient (Wildman–Crippen LogP) is 4.34. The maximum absolute atomic E-state index is 5.94. The lowest BCUT2D eigenvalue weighted by molar-refractivity contribution is 0.475. The minimum Gasteiger partial charge on any atom is -0.455 e. The molecule has 1 aromatic carbocycles. The minimum atomic E-state index is 0.713. The number of halogens is 1. The van der Waals surface area contributed by atoms with Crippen molar-refractivity contribution in [2.45, 2.75) is 26.8 Å². The second-order valence-electron chi connectivity index (χ2n) is 4.72. The Morgan fingerprint density at radius 2 is 2.10 bits per heavy atom. The molecule has 106 valence electrons. The van der Waals surface area contributed by atoms with Gasteiger partial charge < -0.3 is 10.1 Å². The lowest BCUT2D eigenvalue weighted by atomic mass is 10.2. The average molecular weight is 291 g/mol. The van der Waals surface area contributed by atoms with Gasteiger partial charge in [0.1, 0.15) is 11.5 Å². The van der Waals surface area contributed by atoms with E-state index < -0.39 is 0 Å². The van der Waals surface area contributed by atoms with Crippen molar-refractivity contribution in [1.29, 1.82) is 0 Å². The first-order chi connectivity index (χ1) is 9.69. The van der Waals surface area contributed by atoms with Crippen molar-refractivity contribution in [2.75, 3.05) is 6.54 Å². The first-order valence-electron chi connectivity index (χ1n) is 6.77. The second kappa shape index (κ2) is 7.27. The summed E-state index contributed by atoms with van der Waals surface area (Å²) in [6.07, 6.45) is 4.69. The van der Waals surface area contributed by atoms with Crippen molar-refractivity contribution in [1.82, 2.24) is 10.3 Å². The van der Waals surface area contributed by atoms with E-state index in [0.29, 0.717) is 5.02 Å². The molecule has 0 saturated carbocycles. The Hall–Kier alpha value is -1.58. The third-order valence-corrected chi connectivity index (χ3v) is 3.13. The number of aromatic nitrogens is 1. The summed E-state index contributed by atoms with van der Waals surface area (Å²) in [7, 11) is 0. The highest BCUT2D eigenvalue weighted by Gasteiger charge is 2.03. The summed E-state index contributed by atoms with van der Waals surface area (Å²) in [5.41, 5.74) is 2.12. The summed E-state index contributed by atoms with van der Waals surface area (Å²) in [6.45, 7) is 5.93. The van der Waals surface area contributed by atoms with Gasteiger partial charge >= 0.3 is 0 Å². The molecule has 2 aromatic rings. The number of nitrogens with zero attached hydrogens (tertiary/aromatic N) is 1. The Kier molecular flexibility index (Phi) is 5.39. The van der Waals surface area contributed by atoms with E-state index in [4.69, 9.17) is 16.3 Å². The molecule has 0 spiro atoms. The molecule has 3 nitrogen and oxygen atoms in total. The summed E-state index contributed by atoms with van der Waals surface area (Å²) in [5.74, 6) is 1.54. The van der Waals surface area contributed by atoms with Crippen LogP contribution < -0.4 is 10.1 Å². The number of ether oxygens (including phenoxy) is 1. The molecule has 0 unspecified atom stereocenters. The monoisotopic (exact) mass is 290 g/mol. The van der Waals surface area contributed by atoms with Crippen LogP contribution in [0.1, 0.15) is 24.5 Å². The molecule has 0 saturated heterocycles. The molecule has 0 aliphatic carbocycles. The van der Waals surface area contributed by atoms with E-state index >= 15 is 0 Å².